The zero-order chi connectivity index (χ0) is 46.3. The molecule has 0 spiro atoms. The molecule has 1 aliphatic carbocycles. The van der Waals surface area contributed by atoms with Crippen LogP contribution in [0.3, 0.4) is 0 Å². The number of halogens is 6. The van der Waals surface area contributed by atoms with E-state index in [0.29, 0.717) is 0 Å². The summed E-state index contributed by atoms with van der Waals surface area (Å²) >= 11 is -9.19. The van der Waals surface area contributed by atoms with Crippen LogP contribution >= 0.6 is 45.2 Å². The van der Waals surface area contributed by atoms with E-state index in [4.69, 9.17) is 0 Å². The van der Waals surface area contributed by atoms with Gasteiger partial charge in [-0.05, 0) is 136 Å². The maximum atomic E-state index is 9.91. The Balaban J connectivity index is 0.000000530. The standard InChI is InChI=1S/2C24H26P2.C8H12.2CH3.6FH.Rh.H2S.Sb/c2*1-4-11-21(12-5-1)25-19-10-17-24(25)18-20-26(22-13-6-2-7-14-22)23-15-8-3-9-16-23;1-2-4-6-8-7-5-3-1;;;;;;;;;;;/h2*1-9,11-16,24H,10,17-20H2;1-2,7-8H,3-6H2;2*1H3;6*1H;;1H2;/q;;;2*-1;;;;;;;+3;;+5/p-4/b;;2-1-,8-7?;;;;;;;;;;;/t24-,25?;24-,25+;;;;;;;;;;;;/m11............/s1. The number of rotatable bonds is 12. The fourth-order valence-corrected chi connectivity index (χ4v) is 21.3. The van der Waals surface area contributed by atoms with E-state index in [0.717, 1.165) is 11.3 Å². The van der Waals surface area contributed by atoms with Gasteiger partial charge in [-0.3, -0.25) is 0 Å². The molecule has 4 atom stereocenters. The topological polar surface area (TPSA) is 0 Å². The SMILES string of the molecule is C1=CCC/C=C\CC1.S.[CH3-].[CH3-].[F-].[F][Sb]([F])([F])([F])[F].[Rh+3].c1ccc(P(CC[C@H]2CCC[P@@]2c2ccccc2)c2ccccc2)cc1.c1ccc([PH+](CC[C@H]2CCC[PH+]2c2ccccc2)c2ccccc2)cc1. The second kappa shape index (κ2) is 36.0. The predicted molar refractivity (Wildman–Crippen MR) is 313 cm³/mol. The Morgan fingerprint density at radius 2 is 0.930 bits per heavy atom. The van der Waals surface area contributed by atoms with Crippen LogP contribution in [-0.2, 0) is 19.5 Å². The monoisotopic (exact) mass is 1260 g/mol. The van der Waals surface area contributed by atoms with E-state index in [1.165, 1.54) is 99.5 Å². The minimum Gasteiger partial charge on any atom is -0.0721 e. The molecule has 0 aromatic heterocycles. The predicted octanol–water partition coefficient (Wildman–Crippen LogP) is 12.8. The molecule has 0 nitrogen and oxygen atoms in total. The summed E-state index contributed by atoms with van der Waals surface area (Å²) in [5, 5.41) is 9.46. The molecule has 13 heteroatoms. The molecule has 9 rings (SSSR count). The van der Waals surface area contributed by atoms with Gasteiger partial charge < -0.3 is 19.6 Å². The molecule has 386 valence electrons. The van der Waals surface area contributed by atoms with Gasteiger partial charge in [-0.1, -0.05) is 178 Å². The van der Waals surface area contributed by atoms with Gasteiger partial charge in [0.2, 0.25) is 0 Å². The Morgan fingerprint density at radius 1 is 0.535 bits per heavy atom. The minimum atomic E-state index is -9.19. The van der Waals surface area contributed by atoms with Gasteiger partial charge >= 0.3 is 53.8 Å². The molecular weight excluding hydrogens is 1190 g/mol. The smallest absolute Gasteiger partial charge is 0.0721 e. The molecule has 2 heterocycles. The Labute approximate surface area is 453 Å². The molecule has 6 aromatic rings. The molecule has 2 saturated heterocycles. The zero-order valence-electron chi connectivity index (χ0n) is 41.1. The van der Waals surface area contributed by atoms with Gasteiger partial charge in [-0.2, -0.15) is 13.5 Å². The second-order valence-electron chi connectivity index (χ2n) is 16.9. The number of benzene rings is 6. The number of hydrogen-bond donors (Lipinski definition) is 0. The van der Waals surface area contributed by atoms with Gasteiger partial charge in [-0.25, -0.2) is 0 Å². The van der Waals surface area contributed by atoms with Crippen molar-refractivity contribution in [1.29, 1.82) is 0 Å². The maximum Gasteiger partial charge on any atom is 3.00 e. The van der Waals surface area contributed by atoms with Crippen LogP contribution in [0.2, 0.25) is 0 Å². The Kier molecular flexibility index (Phi) is 33.9. The summed E-state index contributed by atoms with van der Waals surface area (Å²) < 4.78 is 49.6. The van der Waals surface area contributed by atoms with E-state index < -0.39 is 28.2 Å². The van der Waals surface area contributed by atoms with Crippen LogP contribution in [0.1, 0.15) is 64.2 Å². The molecule has 6 aromatic carbocycles. The fraction of sp³-hybridized carbons (Fsp3) is 0.276. The van der Waals surface area contributed by atoms with Crippen molar-refractivity contribution in [2.45, 2.75) is 75.5 Å². The molecule has 0 N–H and O–H groups in total. The van der Waals surface area contributed by atoms with Crippen LogP contribution in [0.25, 0.3) is 0 Å². The van der Waals surface area contributed by atoms with Crippen molar-refractivity contribution in [1.82, 2.24) is 0 Å². The van der Waals surface area contributed by atoms with Gasteiger partial charge in [0.05, 0.1) is 41.8 Å². The fourth-order valence-electron chi connectivity index (χ4n) is 9.17. The average molecular weight is 1270 g/mol. The van der Waals surface area contributed by atoms with Crippen LogP contribution in [0.4, 0.5) is 14.1 Å². The number of allylic oxidation sites excluding steroid dienone is 4. The van der Waals surface area contributed by atoms with E-state index in [1.54, 1.807) is 21.2 Å². The molecule has 71 heavy (non-hydrogen) atoms. The van der Waals surface area contributed by atoms with Crippen molar-refractivity contribution in [2.24, 2.45) is 0 Å². The van der Waals surface area contributed by atoms with Gasteiger partial charge in [-0.15, -0.1) is 0 Å². The minimum absolute atomic E-state index is 0. The summed E-state index contributed by atoms with van der Waals surface area (Å²) in [4.78, 5) is 0. The summed E-state index contributed by atoms with van der Waals surface area (Å²) in [6, 6.07) is 67.5. The normalized spacial score (nSPS) is 18.8. The first-order valence-corrected chi connectivity index (χ1v) is 35.0. The molecule has 0 saturated carbocycles. The van der Waals surface area contributed by atoms with E-state index in [2.05, 4.69) is 206 Å². The third-order valence-electron chi connectivity index (χ3n) is 12.2. The molecule has 3 aliphatic rings. The van der Waals surface area contributed by atoms with Crippen molar-refractivity contribution < 1.29 is 38.2 Å². The summed E-state index contributed by atoms with van der Waals surface area (Å²) in [5.74, 6) is 0. The van der Waals surface area contributed by atoms with E-state index >= 15 is 0 Å². The summed E-state index contributed by atoms with van der Waals surface area (Å²) in [6.07, 6.45) is 28.1. The Bertz CT molecular complexity index is 2040. The first-order chi connectivity index (χ1) is 32.1. The first kappa shape index (κ1) is 66.9. The summed E-state index contributed by atoms with van der Waals surface area (Å²) in [6.45, 7) is 0. The van der Waals surface area contributed by atoms with Gasteiger partial charge in [0, 0.05) is 14.3 Å². The summed E-state index contributed by atoms with van der Waals surface area (Å²) in [7, 11) is -1.25. The van der Waals surface area contributed by atoms with Crippen molar-refractivity contribution in [3.63, 3.8) is 0 Å². The van der Waals surface area contributed by atoms with Crippen LogP contribution in [-0.4, -0.2) is 56.3 Å². The third kappa shape index (κ3) is 25.3. The molecule has 0 radical (unpaired) electrons. The van der Waals surface area contributed by atoms with Crippen molar-refractivity contribution in [3.8, 4) is 0 Å². The molecule has 0 bridgehead atoms. The maximum absolute atomic E-state index is 9.91. The molecule has 0 amide bonds. The molecule has 2 fully saturated rings. The van der Waals surface area contributed by atoms with E-state index in [-0.39, 0.29) is 76.3 Å². The van der Waals surface area contributed by atoms with Gasteiger partial charge in [0.15, 0.2) is 0 Å². The van der Waals surface area contributed by atoms with Crippen molar-refractivity contribution in [2.75, 3.05) is 24.6 Å². The van der Waals surface area contributed by atoms with Crippen molar-refractivity contribution >= 4 is 97.3 Å². The summed E-state index contributed by atoms with van der Waals surface area (Å²) in [5.41, 5.74) is 1.86. The quantitative estimate of drug-likeness (QED) is 0.0377. The first-order valence-electron chi connectivity index (χ1n) is 23.5. The Morgan fingerprint density at radius 3 is 1.37 bits per heavy atom. The van der Waals surface area contributed by atoms with Crippen LogP contribution in [0.5, 0.6) is 0 Å². The van der Waals surface area contributed by atoms with Crippen LogP contribution < -0.4 is 36.5 Å². The second-order valence-corrected chi connectivity index (χ2v) is 31.1. The van der Waals surface area contributed by atoms with Crippen molar-refractivity contribution in [3.05, 3.63) is 221 Å². The number of hydrogen-bond acceptors (Lipinski definition) is 0. The van der Waals surface area contributed by atoms with Crippen LogP contribution in [0, 0.1) is 14.9 Å². The largest absolute Gasteiger partial charge is 3.00 e. The Hall–Kier alpha value is -2.11. The third-order valence-corrected chi connectivity index (χ3v) is 24.3. The zero-order valence-corrected chi connectivity index (χ0v) is 50.1. The van der Waals surface area contributed by atoms with Crippen LogP contribution in [0.15, 0.2) is 206 Å². The van der Waals surface area contributed by atoms with Gasteiger partial charge in [0.1, 0.15) is 0 Å². The molecular formula is C58H74F6P4RhSSb+2. The van der Waals surface area contributed by atoms with E-state index in [1.807, 2.05) is 0 Å². The van der Waals surface area contributed by atoms with Gasteiger partial charge in [0.25, 0.3) is 0 Å². The molecule has 2 aliphatic heterocycles. The average Bonchev–Trinajstić information content (AvgIpc) is 4.01. The molecule has 1 unspecified atom stereocenters. The van der Waals surface area contributed by atoms with E-state index in [9.17, 15) is 14.1 Å².